The number of amides is 1. The van der Waals surface area contributed by atoms with Crippen LogP contribution in [0.1, 0.15) is 40.0 Å². The van der Waals surface area contributed by atoms with E-state index in [4.69, 9.17) is 13.3 Å². The lowest BCUT2D eigenvalue weighted by atomic mass is 9.93. The van der Waals surface area contributed by atoms with Gasteiger partial charge in [-0.25, -0.2) is 0 Å². The molecule has 4 rings (SSSR count). The van der Waals surface area contributed by atoms with Crippen LogP contribution < -0.4 is 0 Å². The fraction of sp³-hybridized carbons (Fsp3) is 0.174. The standard InChI is InChI=1S/C23H21NO4/c25-23(22-11-6-16-28-22)24(17-19-9-4-14-26-19)13-12-20(21-10-5-15-27-21)18-7-2-1-3-8-18/h1-11,14-16,20H,12-13,17H2/t20-/m1/s1. The molecule has 142 valence electrons. The van der Waals surface area contributed by atoms with Crippen LogP contribution >= 0.6 is 0 Å². The summed E-state index contributed by atoms with van der Waals surface area (Å²) in [6.45, 7) is 0.909. The average molecular weight is 375 g/mol. The summed E-state index contributed by atoms with van der Waals surface area (Å²) in [6.07, 6.45) is 5.51. The second-order valence-electron chi connectivity index (χ2n) is 6.55. The molecule has 0 saturated heterocycles. The van der Waals surface area contributed by atoms with E-state index in [1.165, 1.54) is 6.26 Å². The van der Waals surface area contributed by atoms with Crippen LogP contribution in [-0.2, 0) is 6.54 Å². The molecule has 0 N–H and O–H groups in total. The maximum Gasteiger partial charge on any atom is 0.289 e. The van der Waals surface area contributed by atoms with E-state index in [0.29, 0.717) is 25.3 Å². The van der Waals surface area contributed by atoms with Crippen LogP contribution in [0.15, 0.2) is 98.8 Å². The number of carbonyl (C=O) groups excluding carboxylic acids is 1. The van der Waals surface area contributed by atoms with Crippen molar-refractivity contribution >= 4 is 5.91 Å². The van der Waals surface area contributed by atoms with Crippen LogP contribution in [0, 0.1) is 0 Å². The van der Waals surface area contributed by atoms with Crippen molar-refractivity contribution in [3.8, 4) is 0 Å². The smallest absolute Gasteiger partial charge is 0.289 e. The highest BCUT2D eigenvalue weighted by atomic mass is 16.3. The third kappa shape index (κ3) is 4.09. The third-order valence-corrected chi connectivity index (χ3v) is 4.72. The van der Waals surface area contributed by atoms with Gasteiger partial charge in [0.05, 0.1) is 25.3 Å². The maximum absolute atomic E-state index is 12.9. The predicted molar refractivity (Wildman–Crippen MR) is 104 cm³/mol. The number of carbonyl (C=O) groups is 1. The average Bonchev–Trinajstić information content (AvgIpc) is 3.51. The van der Waals surface area contributed by atoms with Crippen molar-refractivity contribution in [2.45, 2.75) is 18.9 Å². The molecule has 0 bridgehead atoms. The van der Waals surface area contributed by atoms with Gasteiger partial charge in [-0.05, 0) is 48.4 Å². The molecule has 0 spiro atoms. The molecule has 0 aliphatic carbocycles. The largest absolute Gasteiger partial charge is 0.469 e. The quantitative estimate of drug-likeness (QED) is 0.418. The molecule has 4 aromatic rings. The molecule has 0 radical (unpaired) electrons. The first kappa shape index (κ1) is 17.9. The summed E-state index contributed by atoms with van der Waals surface area (Å²) in [4.78, 5) is 14.7. The number of hydrogen-bond acceptors (Lipinski definition) is 4. The summed E-state index contributed by atoms with van der Waals surface area (Å²) in [6, 6.07) is 21.1. The first-order chi connectivity index (χ1) is 13.8. The number of nitrogens with zero attached hydrogens (tertiary/aromatic N) is 1. The summed E-state index contributed by atoms with van der Waals surface area (Å²) >= 11 is 0. The minimum atomic E-state index is -0.160. The van der Waals surface area contributed by atoms with Crippen LogP contribution in [0.2, 0.25) is 0 Å². The highest BCUT2D eigenvalue weighted by Gasteiger charge is 2.23. The van der Waals surface area contributed by atoms with E-state index in [1.807, 2.05) is 42.5 Å². The minimum absolute atomic E-state index is 0.0553. The molecule has 0 unspecified atom stereocenters. The lowest BCUT2D eigenvalue weighted by Gasteiger charge is -2.23. The lowest BCUT2D eigenvalue weighted by Crippen LogP contribution is -2.32. The Morgan fingerprint density at radius 1 is 0.821 bits per heavy atom. The van der Waals surface area contributed by atoms with E-state index < -0.39 is 0 Å². The molecule has 0 aliphatic rings. The highest BCUT2D eigenvalue weighted by molar-refractivity contribution is 5.91. The van der Waals surface area contributed by atoms with Gasteiger partial charge < -0.3 is 18.2 Å². The van der Waals surface area contributed by atoms with Crippen molar-refractivity contribution in [2.24, 2.45) is 0 Å². The Balaban J connectivity index is 1.55. The van der Waals surface area contributed by atoms with Crippen LogP contribution in [0.25, 0.3) is 0 Å². The van der Waals surface area contributed by atoms with Gasteiger partial charge >= 0.3 is 0 Å². The summed E-state index contributed by atoms with van der Waals surface area (Å²) in [5, 5.41) is 0. The van der Waals surface area contributed by atoms with Crippen molar-refractivity contribution < 1.29 is 18.0 Å². The minimum Gasteiger partial charge on any atom is -0.469 e. The molecule has 5 nitrogen and oxygen atoms in total. The third-order valence-electron chi connectivity index (χ3n) is 4.72. The van der Waals surface area contributed by atoms with Gasteiger partial charge in [-0.2, -0.15) is 0 Å². The SMILES string of the molecule is O=C(c1ccco1)N(CC[C@H](c1ccccc1)c1ccco1)Cc1ccco1. The lowest BCUT2D eigenvalue weighted by molar-refractivity contribution is 0.0694. The van der Waals surface area contributed by atoms with Crippen molar-refractivity contribution in [1.82, 2.24) is 4.90 Å². The Morgan fingerprint density at radius 3 is 2.25 bits per heavy atom. The van der Waals surface area contributed by atoms with E-state index in [9.17, 15) is 4.79 Å². The summed E-state index contributed by atoms with van der Waals surface area (Å²) in [7, 11) is 0. The Bertz CT molecular complexity index is 957. The van der Waals surface area contributed by atoms with Gasteiger partial charge in [0.1, 0.15) is 11.5 Å². The maximum atomic E-state index is 12.9. The topological polar surface area (TPSA) is 59.7 Å². The molecule has 0 aliphatic heterocycles. The molecule has 3 aromatic heterocycles. The fourth-order valence-corrected chi connectivity index (χ4v) is 3.33. The summed E-state index contributed by atoms with van der Waals surface area (Å²) in [5.41, 5.74) is 1.15. The normalized spacial score (nSPS) is 12.0. The summed E-state index contributed by atoms with van der Waals surface area (Å²) < 4.78 is 16.5. The molecule has 0 saturated carbocycles. The number of benzene rings is 1. The zero-order valence-corrected chi connectivity index (χ0v) is 15.4. The molecular formula is C23H21NO4. The fourth-order valence-electron chi connectivity index (χ4n) is 3.33. The Morgan fingerprint density at radius 2 is 1.57 bits per heavy atom. The molecule has 1 aromatic carbocycles. The first-order valence-electron chi connectivity index (χ1n) is 9.25. The second-order valence-corrected chi connectivity index (χ2v) is 6.55. The molecular weight excluding hydrogens is 354 g/mol. The van der Waals surface area contributed by atoms with Gasteiger partial charge in [0.2, 0.25) is 0 Å². The van der Waals surface area contributed by atoms with E-state index >= 15 is 0 Å². The number of furan rings is 3. The van der Waals surface area contributed by atoms with Crippen LogP contribution in [0.4, 0.5) is 0 Å². The predicted octanol–water partition coefficient (Wildman–Crippen LogP) is 5.33. The molecule has 5 heteroatoms. The van der Waals surface area contributed by atoms with Gasteiger partial charge in [-0.3, -0.25) is 4.79 Å². The Kier molecular flexibility index (Phi) is 5.43. The summed E-state index contributed by atoms with van der Waals surface area (Å²) in [5.74, 6) is 1.83. The van der Waals surface area contributed by atoms with Gasteiger partial charge in [-0.1, -0.05) is 30.3 Å². The van der Waals surface area contributed by atoms with E-state index in [0.717, 1.165) is 17.1 Å². The van der Waals surface area contributed by atoms with E-state index in [2.05, 4.69) is 12.1 Å². The van der Waals surface area contributed by atoms with Gasteiger partial charge in [-0.15, -0.1) is 0 Å². The van der Waals surface area contributed by atoms with Gasteiger partial charge in [0.25, 0.3) is 5.91 Å². The number of hydrogen-bond donors (Lipinski definition) is 0. The van der Waals surface area contributed by atoms with Crippen molar-refractivity contribution in [1.29, 1.82) is 0 Å². The van der Waals surface area contributed by atoms with E-state index in [-0.39, 0.29) is 11.8 Å². The van der Waals surface area contributed by atoms with Crippen LogP contribution in [0.3, 0.4) is 0 Å². The molecule has 28 heavy (non-hydrogen) atoms. The Labute approximate surface area is 163 Å². The Hall–Kier alpha value is -3.47. The van der Waals surface area contributed by atoms with Gasteiger partial charge in [0, 0.05) is 12.5 Å². The molecule has 1 atom stereocenters. The van der Waals surface area contributed by atoms with Crippen molar-refractivity contribution in [3.63, 3.8) is 0 Å². The van der Waals surface area contributed by atoms with Crippen molar-refractivity contribution in [2.75, 3.05) is 6.54 Å². The zero-order chi connectivity index (χ0) is 19.2. The molecule has 1 amide bonds. The van der Waals surface area contributed by atoms with Crippen molar-refractivity contribution in [3.05, 3.63) is 108 Å². The number of rotatable bonds is 8. The molecule has 0 fully saturated rings. The van der Waals surface area contributed by atoms with Crippen LogP contribution in [0.5, 0.6) is 0 Å². The second kappa shape index (κ2) is 8.48. The molecule has 3 heterocycles. The zero-order valence-electron chi connectivity index (χ0n) is 15.4. The first-order valence-corrected chi connectivity index (χ1v) is 9.25. The van der Waals surface area contributed by atoms with E-state index in [1.54, 1.807) is 29.6 Å². The highest BCUT2D eigenvalue weighted by Crippen LogP contribution is 2.29. The monoisotopic (exact) mass is 375 g/mol. The van der Waals surface area contributed by atoms with Gasteiger partial charge in [0.15, 0.2) is 5.76 Å². The van der Waals surface area contributed by atoms with Crippen LogP contribution in [-0.4, -0.2) is 17.4 Å².